The minimum atomic E-state index is -3.23. The summed E-state index contributed by atoms with van der Waals surface area (Å²) in [5, 5.41) is 16.8. The van der Waals surface area contributed by atoms with Gasteiger partial charge in [0.2, 0.25) is 0 Å². The van der Waals surface area contributed by atoms with Crippen molar-refractivity contribution in [3.63, 3.8) is 0 Å². The van der Waals surface area contributed by atoms with Crippen LogP contribution in [-0.2, 0) is 24.1 Å². The highest BCUT2D eigenvalue weighted by atomic mass is 32.2. The molecule has 0 saturated carbocycles. The number of aliphatic hydroxyl groups excluding tert-OH is 1. The number of aliphatic hydroxyl groups is 1. The second-order valence-corrected chi connectivity index (χ2v) is 8.31. The van der Waals surface area contributed by atoms with Crippen molar-refractivity contribution < 1.29 is 32.9 Å². The summed E-state index contributed by atoms with van der Waals surface area (Å²) in [6.45, 7) is 0.468. The normalized spacial score (nSPS) is 26.9. The second-order valence-electron chi connectivity index (χ2n) is 6.29. The number of aromatic nitrogens is 2. The van der Waals surface area contributed by atoms with Crippen molar-refractivity contribution >= 4 is 16.3 Å². The number of benzene rings is 1. The summed E-state index contributed by atoms with van der Waals surface area (Å²) < 4.78 is 36.5. The number of imidazole rings is 1. The number of ether oxygens (including phenoxy) is 2. The van der Waals surface area contributed by atoms with E-state index in [1.54, 1.807) is 30.5 Å². The molecule has 10 heteroatoms. The van der Waals surface area contributed by atoms with E-state index in [0.29, 0.717) is 12.4 Å². The molecule has 3 heterocycles. The molecule has 0 unspecified atom stereocenters. The Kier molecular flexibility index (Phi) is 5.61. The van der Waals surface area contributed by atoms with E-state index in [9.17, 15) is 13.5 Å². The highest BCUT2D eigenvalue weighted by Gasteiger charge is 2.48. The van der Waals surface area contributed by atoms with Crippen LogP contribution in [0, 0.1) is 0 Å². The molecule has 2 N–H and O–H groups in total. The Labute approximate surface area is 156 Å². The molecule has 2 aromatic rings. The van der Waals surface area contributed by atoms with Crippen molar-refractivity contribution in [3.8, 4) is 11.4 Å². The zero-order valence-electron chi connectivity index (χ0n) is 14.5. The van der Waals surface area contributed by atoms with Gasteiger partial charge in [0, 0.05) is 24.2 Å². The fraction of sp³-hybridized carbons (Fsp3) is 0.412. The van der Waals surface area contributed by atoms with Gasteiger partial charge in [-0.15, -0.1) is 0 Å². The molecule has 1 aromatic carbocycles. The van der Waals surface area contributed by atoms with Gasteiger partial charge in [0.05, 0.1) is 24.2 Å². The maximum absolute atomic E-state index is 11.6. The molecular formula is C17H20N2O7S. The van der Waals surface area contributed by atoms with Gasteiger partial charge in [0.25, 0.3) is 6.47 Å². The number of rotatable bonds is 3. The van der Waals surface area contributed by atoms with E-state index >= 15 is 0 Å². The predicted octanol–water partition coefficient (Wildman–Crippen LogP) is 0.354. The van der Waals surface area contributed by atoms with E-state index in [1.807, 2.05) is 10.8 Å². The molecule has 27 heavy (non-hydrogen) atoms. The Morgan fingerprint density at radius 2 is 1.81 bits per heavy atom. The number of carbonyl (C=O) groups is 1. The number of sulfone groups is 1. The van der Waals surface area contributed by atoms with E-state index in [4.69, 9.17) is 19.4 Å². The zero-order chi connectivity index (χ0) is 19.6. The molecule has 1 aromatic heterocycles. The standard InChI is InChI=1S/C16H18N2O5S.CH2O2/c1-24(20,21)11-4-2-10(3-5-11)16-17-6-7-18(16)12-8-22-15-13(19)9-23-14(12)15;2-1-3/h2-7,12-15,19H,8-9H2,1H3;1H,(H,2,3)/t12-,13+,14+,15+;/m0./s1. The van der Waals surface area contributed by atoms with Crippen molar-refractivity contribution in [2.75, 3.05) is 19.5 Å². The van der Waals surface area contributed by atoms with Crippen molar-refractivity contribution in [2.45, 2.75) is 29.2 Å². The molecule has 0 bridgehead atoms. The molecule has 2 aliphatic rings. The Morgan fingerprint density at radius 1 is 1.19 bits per heavy atom. The van der Waals surface area contributed by atoms with Gasteiger partial charge >= 0.3 is 0 Å². The van der Waals surface area contributed by atoms with E-state index in [-0.39, 0.29) is 36.2 Å². The maximum Gasteiger partial charge on any atom is 0.290 e. The third-order valence-electron chi connectivity index (χ3n) is 4.57. The first-order chi connectivity index (χ1) is 12.9. The van der Waals surface area contributed by atoms with Crippen LogP contribution in [0.3, 0.4) is 0 Å². The smallest absolute Gasteiger partial charge is 0.290 e. The molecule has 2 saturated heterocycles. The maximum atomic E-state index is 11.6. The second kappa shape index (κ2) is 7.77. The van der Waals surface area contributed by atoms with Gasteiger partial charge in [-0.25, -0.2) is 13.4 Å². The monoisotopic (exact) mass is 396 g/mol. The van der Waals surface area contributed by atoms with Crippen LogP contribution in [0.4, 0.5) is 0 Å². The minimum absolute atomic E-state index is 0.0702. The highest BCUT2D eigenvalue weighted by molar-refractivity contribution is 7.90. The molecule has 146 valence electrons. The molecule has 2 aliphatic heterocycles. The minimum Gasteiger partial charge on any atom is -0.483 e. The van der Waals surface area contributed by atoms with Gasteiger partial charge in [-0.05, 0) is 24.3 Å². The largest absolute Gasteiger partial charge is 0.483 e. The van der Waals surface area contributed by atoms with Gasteiger partial charge in [-0.3, -0.25) is 4.79 Å². The quantitative estimate of drug-likeness (QED) is 0.712. The lowest BCUT2D eigenvalue weighted by Gasteiger charge is -2.19. The lowest BCUT2D eigenvalue weighted by Crippen LogP contribution is -2.30. The third kappa shape index (κ3) is 3.88. The summed E-state index contributed by atoms with van der Waals surface area (Å²) in [7, 11) is -3.23. The molecule has 4 rings (SSSR count). The molecular weight excluding hydrogens is 376 g/mol. The van der Waals surface area contributed by atoms with Crippen LogP contribution >= 0.6 is 0 Å². The SMILES string of the molecule is CS(=O)(=O)c1ccc(-c2nccn2[C@H]2CO[C@H]3[C@@H]2OC[C@H]3O)cc1.O=CO. The Hall–Kier alpha value is -2.27. The van der Waals surface area contributed by atoms with Gasteiger partial charge < -0.3 is 24.3 Å². The summed E-state index contributed by atoms with van der Waals surface area (Å²) in [5.74, 6) is 0.717. The fourth-order valence-electron chi connectivity index (χ4n) is 3.35. The van der Waals surface area contributed by atoms with Crippen LogP contribution in [0.2, 0.25) is 0 Å². The summed E-state index contributed by atoms with van der Waals surface area (Å²) >= 11 is 0. The average Bonchev–Trinajstić information content (AvgIpc) is 3.33. The van der Waals surface area contributed by atoms with Gasteiger partial charge in [0.15, 0.2) is 9.84 Å². The highest BCUT2D eigenvalue weighted by Crippen LogP contribution is 2.36. The van der Waals surface area contributed by atoms with E-state index in [0.717, 1.165) is 5.56 Å². The number of hydrogen-bond acceptors (Lipinski definition) is 7. The van der Waals surface area contributed by atoms with Crippen molar-refractivity contribution in [3.05, 3.63) is 36.7 Å². The summed E-state index contributed by atoms with van der Waals surface area (Å²) in [5.41, 5.74) is 0.814. The molecule has 2 fully saturated rings. The Morgan fingerprint density at radius 3 is 2.44 bits per heavy atom. The molecule has 0 radical (unpaired) electrons. The van der Waals surface area contributed by atoms with Crippen molar-refractivity contribution in [1.82, 2.24) is 9.55 Å². The first-order valence-corrected chi connectivity index (χ1v) is 10.1. The number of hydrogen-bond donors (Lipinski definition) is 2. The summed E-state index contributed by atoms with van der Waals surface area (Å²) in [6, 6.07) is 6.57. The van der Waals surface area contributed by atoms with E-state index in [1.165, 1.54) is 6.26 Å². The third-order valence-corrected chi connectivity index (χ3v) is 5.70. The lowest BCUT2D eigenvalue weighted by atomic mass is 10.1. The topological polar surface area (TPSA) is 128 Å². The first-order valence-electron chi connectivity index (χ1n) is 8.19. The van der Waals surface area contributed by atoms with Crippen LogP contribution in [0.15, 0.2) is 41.6 Å². The van der Waals surface area contributed by atoms with Crippen LogP contribution in [0.1, 0.15) is 6.04 Å². The summed E-state index contributed by atoms with van der Waals surface area (Å²) in [6.07, 6.45) is 3.62. The van der Waals surface area contributed by atoms with Crippen LogP contribution < -0.4 is 0 Å². The van der Waals surface area contributed by atoms with Crippen LogP contribution in [0.25, 0.3) is 11.4 Å². The molecule has 0 spiro atoms. The first kappa shape index (κ1) is 19.5. The molecule has 4 atom stereocenters. The Bertz CT molecular complexity index is 894. The van der Waals surface area contributed by atoms with Crippen LogP contribution in [-0.4, -0.2) is 72.4 Å². The van der Waals surface area contributed by atoms with Crippen molar-refractivity contribution in [2.24, 2.45) is 0 Å². The molecule has 0 aliphatic carbocycles. The van der Waals surface area contributed by atoms with Gasteiger partial charge in [-0.2, -0.15) is 0 Å². The lowest BCUT2D eigenvalue weighted by molar-refractivity contribution is -0.122. The fourth-order valence-corrected chi connectivity index (χ4v) is 3.98. The van der Waals surface area contributed by atoms with E-state index in [2.05, 4.69) is 4.98 Å². The van der Waals surface area contributed by atoms with Gasteiger partial charge in [-0.1, -0.05) is 0 Å². The number of fused-ring (bicyclic) bond motifs is 1. The molecule has 9 nitrogen and oxygen atoms in total. The molecule has 0 amide bonds. The van der Waals surface area contributed by atoms with E-state index < -0.39 is 15.9 Å². The zero-order valence-corrected chi connectivity index (χ0v) is 15.3. The summed E-state index contributed by atoms with van der Waals surface area (Å²) in [4.78, 5) is 13.0. The number of carboxylic acid groups (broad SMARTS) is 1. The average molecular weight is 396 g/mol. The number of nitrogens with zero attached hydrogens (tertiary/aromatic N) is 2. The van der Waals surface area contributed by atoms with Gasteiger partial charge in [0.1, 0.15) is 24.1 Å². The van der Waals surface area contributed by atoms with Crippen LogP contribution in [0.5, 0.6) is 0 Å². The van der Waals surface area contributed by atoms with Crippen molar-refractivity contribution in [1.29, 1.82) is 0 Å². The Balaban J connectivity index is 0.000000659. The predicted molar refractivity (Wildman–Crippen MR) is 94.0 cm³/mol.